The molecule has 0 spiro atoms. The summed E-state index contributed by atoms with van der Waals surface area (Å²) in [5.41, 5.74) is 0. The minimum absolute atomic E-state index is 0. The van der Waals surface area contributed by atoms with E-state index in [4.69, 9.17) is 32.8 Å². The van der Waals surface area contributed by atoms with E-state index in [1.165, 1.54) is 0 Å². The van der Waals surface area contributed by atoms with Crippen LogP contribution in [0.15, 0.2) is 0 Å². The second-order valence-electron chi connectivity index (χ2n) is 0.646. The molecule has 0 aliphatic rings. The zero-order chi connectivity index (χ0) is 8.08. The van der Waals surface area contributed by atoms with Gasteiger partial charge in [0.2, 0.25) is 0 Å². The minimum Gasteiger partial charge on any atom is -0.759 e. The van der Waals surface area contributed by atoms with Gasteiger partial charge in [-0.3, -0.25) is 8.42 Å². The summed E-state index contributed by atoms with van der Waals surface area (Å²) in [7, 11) is -5.17. The third-order valence-electron chi connectivity index (χ3n) is 0. The van der Waals surface area contributed by atoms with Crippen LogP contribution in [0.25, 0.3) is 0 Å². The molecule has 0 unspecified atom stereocenters. The molecule has 0 radical (unpaired) electrons. The van der Waals surface area contributed by atoms with Crippen LogP contribution in [0.2, 0.25) is 0 Å². The van der Waals surface area contributed by atoms with Crippen LogP contribution in [0.4, 0.5) is 0 Å². The fourth-order valence-corrected chi connectivity index (χ4v) is 0. The van der Waals surface area contributed by atoms with Crippen LogP contribution in [0.3, 0.4) is 0 Å². The Kier molecular flexibility index (Phi) is 13.1. The molecule has 0 aromatic heterocycles. The number of hydrogen-bond donors (Lipinski definition) is 1. The van der Waals surface area contributed by atoms with Crippen molar-refractivity contribution in [2.75, 3.05) is 0 Å². The van der Waals surface area contributed by atoms with Gasteiger partial charge in [-0.1, -0.05) is 0 Å². The Morgan fingerprint density at radius 1 is 1.30 bits per heavy atom. The van der Waals surface area contributed by atoms with Gasteiger partial charge in [0.25, 0.3) is 5.09 Å². The van der Waals surface area contributed by atoms with Gasteiger partial charge in [0, 0.05) is 10.4 Å². The molecule has 0 saturated carbocycles. The molecule has 10 heteroatoms. The van der Waals surface area contributed by atoms with Gasteiger partial charge in [-0.25, -0.2) is 0 Å². The molecule has 56 valence electrons. The molecule has 0 aromatic carbocycles. The van der Waals surface area contributed by atoms with Crippen molar-refractivity contribution in [1.82, 2.24) is 0 Å². The normalized spacial score (nSPS) is 8.20. The molecule has 8 nitrogen and oxygen atoms in total. The van der Waals surface area contributed by atoms with Crippen molar-refractivity contribution in [3.05, 3.63) is 10.1 Å². The summed E-state index contributed by atoms with van der Waals surface area (Å²) < 4.78 is 34.1. The van der Waals surface area contributed by atoms with E-state index in [-0.39, 0.29) is 48.9 Å². The van der Waals surface area contributed by atoms with Crippen LogP contribution in [-0.2, 0) is 10.4 Å². The third kappa shape index (κ3) is 1230. The van der Waals surface area contributed by atoms with E-state index in [0.717, 1.165) is 0 Å². The van der Waals surface area contributed by atoms with Crippen LogP contribution in [-0.4, -0.2) is 76.7 Å². The minimum atomic E-state index is -5.17. The van der Waals surface area contributed by atoms with Gasteiger partial charge in [0.15, 0.2) is 0 Å². The Bertz CT molecular complexity index is 156. The zero-order valence-electron chi connectivity index (χ0n) is 4.46. The van der Waals surface area contributed by atoms with Crippen molar-refractivity contribution in [3.63, 3.8) is 0 Å². The molecule has 0 heterocycles. The van der Waals surface area contributed by atoms with Crippen LogP contribution in [0.1, 0.15) is 0 Å². The summed E-state index contributed by atoms with van der Waals surface area (Å²) >= 11 is 0. The Labute approximate surface area is 96.0 Å². The first-order chi connectivity index (χ1) is 3.73. The van der Waals surface area contributed by atoms with Crippen molar-refractivity contribution in [1.29, 1.82) is 0 Å². The fourth-order valence-electron chi connectivity index (χ4n) is 0. The van der Waals surface area contributed by atoms with Gasteiger partial charge in [-0.05, 0) is 0 Å². The number of nitrogens with zero attached hydrogens (tertiary/aromatic N) is 1. The number of hydrogen-bond acceptors (Lipinski definition) is 6. The fraction of sp³-hybridized carbons (Fsp3) is 0. The van der Waals surface area contributed by atoms with Gasteiger partial charge < -0.3 is 14.3 Å². The molecule has 0 atom stereocenters. The summed E-state index contributed by atoms with van der Waals surface area (Å²) in [5.74, 6) is 0. The second-order valence-corrected chi connectivity index (χ2v) is 1.46. The molecule has 0 aromatic rings. The standard InChI is InChI=1S/Ba.HNO3.H2O4S/c;2-1(3)4;1-5(2,3)4/h;(H,2,3,4);(H2,1,2,3,4)/q+2;;/p-2. The van der Waals surface area contributed by atoms with E-state index in [9.17, 15) is 0 Å². The van der Waals surface area contributed by atoms with Gasteiger partial charge >= 0.3 is 48.9 Å². The molecular formula is HBaNO7S. The largest absolute Gasteiger partial charge is 2.00 e. The molecule has 0 rings (SSSR count). The van der Waals surface area contributed by atoms with Gasteiger partial charge in [0.1, 0.15) is 0 Å². The quantitative estimate of drug-likeness (QED) is 0.178. The maximum atomic E-state index is 8.52. The predicted octanol–water partition coefficient (Wildman–Crippen LogP) is -2.07. The first-order valence-corrected chi connectivity index (χ1v) is 2.57. The molecule has 0 bridgehead atoms. The Balaban J connectivity index is -0.0000000910. The average Bonchev–Trinajstić information content (AvgIpc) is 1.19. The molecule has 0 fully saturated rings. The predicted molar refractivity (Wildman–Crippen MR) is 25.0 cm³/mol. The van der Waals surface area contributed by atoms with Crippen molar-refractivity contribution >= 4 is 59.3 Å². The first-order valence-electron chi connectivity index (χ1n) is 1.23. The van der Waals surface area contributed by atoms with E-state index >= 15 is 0 Å². The Morgan fingerprint density at radius 2 is 1.30 bits per heavy atom. The molecule has 0 saturated heterocycles. The topological polar surface area (TPSA) is 144 Å². The second kappa shape index (κ2) is 7.75. The molecule has 10 heavy (non-hydrogen) atoms. The van der Waals surface area contributed by atoms with E-state index < -0.39 is 15.5 Å². The van der Waals surface area contributed by atoms with E-state index in [1.54, 1.807) is 0 Å². The Hall–Kier alpha value is 0.641. The van der Waals surface area contributed by atoms with Crippen LogP contribution >= 0.6 is 0 Å². The third-order valence-corrected chi connectivity index (χ3v) is 0. The molecule has 0 aliphatic carbocycles. The molecule has 0 aliphatic heterocycles. The molecule has 0 amide bonds. The van der Waals surface area contributed by atoms with Crippen LogP contribution < -0.4 is 0 Å². The zero-order valence-corrected chi connectivity index (χ0v) is 9.72. The van der Waals surface area contributed by atoms with Crippen molar-refractivity contribution in [2.45, 2.75) is 0 Å². The van der Waals surface area contributed by atoms with Gasteiger partial charge in [0.05, 0.1) is 0 Å². The van der Waals surface area contributed by atoms with E-state index in [0.29, 0.717) is 0 Å². The average molecular weight is 296 g/mol. The first kappa shape index (κ1) is 16.9. The monoisotopic (exact) mass is 297 g/mol. The van der Waals surface area contributed by atoms with Gasteiger partial charge in [-0.2, -0.15) is 0 Å². The SMILES string of the molecule is O=S(=O)([O-])[O-].O=[N+]([O-])O.[Ba+2]. The van der Waals surface area contributed by atoms with Gasteiger partial charge in [-0.15, -0.1) is 10.1 Å². The molecular weight excluding hydrogens is 295 g/mol. The molecule has 1 N–H and O–H groups in total. The maximum Gasteiger partial charge on any atom is 2.00 e. The van der Waals surface area contributed by atoms with Crippen LogP contribution in [0.5, 0.6) is 0 Å². The van der Waals surface area contributed by atoms with E-state index in [1.807, 2.05) is 0 Å². The van der Waals surface area contributed by atoms with E-state index in [2.05, 4.69) is 0 Å². The summed E-state index contributed by atoms with van der Waals surface area (Å²) in [6, 6.07) is 0. The van der Waals surface area contributed by atoms with Crippen molar-refractivity contribution < 1.29 is 27.8 Å². The van der Waals surface area contributed by atoms with Crippen LogP contribution in [0, 0.1) is 10.1 Å². The maximum absolute atomic E-state index is 8.52. The van der Waals surface area contributed by atoms with Crippen molar-refractivity contribution in [3.8, 4) is 0 Å². The van der Waals surface area contributed by atoms with Crippen molar-refractivity contribution in [2.24, 2.45) is 0 Å². The smallest absolute Gasteiger partial charge is 0.759 e. The summed E-state index contributed by atoms with van der Waals surface area (Å²) in [6.45, 7) is 0. The summed E-state index contributed by atoms with van der Waals surface area (Å²) in [5, 5.41) is 13.6. The summed E-state index contributed by atoms with van der Waals surface area (Å²) in [6.07, 6.45) is 0. The Morgan fingerprint density at radius 3 is 1.30 bits per heavy atom. The number of rotatable bonds is 0. The summed E-state index contributed by atoms with van der Waals surface area (Å²) in [4.78, 5) is 8.36.